The Bertz CT molecular complexity index is 696. The first-order valence-corrected chi connectivity index (χ1v) is 11.0. The van der Waals surface area contributed by atoms with Gasteiger partial charge in [0.25, 0.3) is 0 Å². The van der Waals surface area contributed by atoms with Gasteiger partial charge in [-0.2, -0.15) is 0 Å². The molecule has 12 nitrogen and oxygen atoms in total. The van der Waals surface area contributed by atoms with Crippen molar-refractivity contribution in [3.05, 3.63) is 0 Å². The van der Waals surface area contributed by atoms with Gasteiger partial charge in [0.2, 0.25) is 23.6 Å². The maximum absolute atomic E-state index is 12.8. The van der Waals surface area contributed by atoms with E-state index in [2.05, 4.69) is 16.0 Å². The molecule has 0 radical (unpaired) electrons. The van der Waals surface area contributed by atoms with Gasteiger partial charge < -0.3 is 37.6 Å². The molecular weight excluding hydrogens is 434 g/mol. The molecule has 5 atom stereocenters. The number of primary amides is 1. The SMILES string of the molecule is CC(C)CC(NC(=O)C(CC(C)C)NC(=O)C(NC(=O)C(N)CCC(N)=O)C(C)O)C(=O)O. The van der Waals surface area contributed by atoms with E-state index in [4.69, 9.17) is 11.5 Å². The van der Waals surface area contributed by atoms with Crippen LogP contribution < -0.4 is 27.4 Å². The molecule has 0 fully saturated rings. The first-order valence-electron chi connectivity index (χ1n) is 11.0. The Hall–Kier alpha value is -2.73. The average molecular weight is 474 g/mol. The Morgan fingerprint density at radius 1 is 0.788 bits per heavy atom. The maximum atomic E-state index is 12.8. The highest BCUT2D eigenvalue weighted by Gasteiger charge is 2.32. The number of rotatable bonds is 15. The van der Waals surface area contributed by atoms with Crippen molar-refractivity contribution < 1.29 is 34.2 Å². The van der Waals surface area contributed by atoms with Crippen LogP contribution in [0.4, 0.5) is 0 Å². The molecule has 33 heavy (non-hydrogen) atoms. The number of carboxylic acid groups (broad SMARTS) is 1. The molecule has 0 saturated carbocycles. The van der Waals surface area contributed by atoms with E-state index in [1.807, 2.05) is 27.7 Å². The van der Waals surface area contributed by atoms with Crippen molar-refractivity contribution >= 4 is 29.6 Å². The Labute approximate surface area is 194 Å². The lowest BCUT2D eigenvalue weighted by molar-refractivity contribution is -0.143. The van der Waals surface area contributed by atoms with Crippen molar-refractivity contribution in [2.24, 2.45) is 23.3 Å². The molecule has 9 N–H and O–H groups in total. The van der Waals surface area contributed by atoms with E-state index in [0.29, 0.717) is 0 Å². The molecule has 5 unspecified atom stereocenters. The van der Waals surface area contributed by atoms with E-state index < -0.39 is 59.9 Å². The van der Waals surface area contributed by atoms with Crippen LogP contribution in [0.25, 0.3) is 0 Å². The Morgan fingerprint density at radius 2 is 1.27 bits per heavy atom. The fraction of sp³-hybridized carbons (Fsp3) is 0.762. The van der Waals surface area contributed by atoms with Crippen LogP contribution in [0.1, 0.15) is 60.3 Å². The number of carboxylic acids is 1. The molecule has 190 valence electrons. The monoisotopic (exact) mass is 473 g/mol. The molecule has 0 aliphatic heterocycles. The number of aliphatic carboxylic acids is 1. The minimum Gasteiger partial charge on any atom is -0.480 e. The van der Waals surface area contributed by atoms with Crippen LogP contribution >= 0.6 is 0 Å². The smallest absolute Gasteiger partial charge is 0.326 e. The average Bonchev–Trinajstić information content (AvgIpc) is 2.67. The van der Waals surface area contributed by atoms with E-state index in [1.165, 1.54) is 6.92 Å². The van der Waals surface area contributed by atoms with Crippen LogP contribution in [-0.2, 0) is 24.0 Å². The predicted molar refractivity (Wildman–Crippen MR) is 120 cm³/mol. The van der Waals surface area contributed by atoms with Crippen LogP contribution in [0.2, 0.25) is 0 Å². The van der Waals surface area contributed by atoms with Crippen molar-refractivity contribution in [3.63, 3.8) is 0 Å². The van der Waals surface area contributed by atoms with Crippen molar-refractivity contribution in [2.45, 2.75) is 90.6 Å². The Balaban J connectivity index is 5.40. The second-order valence-corrected chi connectivity index (χ2v) is 9.06. The first kappa shape index (κ1) is 30.3. The molecule has 0 rings (SSSR count). The molecule has 0 spiro atoms. The molecule has 0 aliphatic rings. The lowest BCUT2D eigenvalue weighted by Gasteiger charge is -2.27. The summed E-state index contributed by atoms with van der Waals surface area (Å²) < 4.78 is 0. The number of hydrogen-bond acceptors (Lipinski definition) is 7. The topological polar surface area (TPSA) is 214 Å². The summed E-state index contributed by atoms with van der Waals surface area (Å²) in [5.74, 6) is -4.14. The summed E-state index contributed by atoms with van der Waals surface area (Å²) in [5.41, 5.74) is 10.7. The number of aliphatic hydroxyl groups is 1. The Kier molecular flexibility index (Phi) is 13.2. The first-order chi connectivity index (χ1) is 15.1. The molecule has 4 amide bonds. The zero-order valence-corrected chi connectivity index (χ0v) is 20.0. The summed E-state index contributed by atoms with van der Waals surface area (Å²) in [6.45, 7) is 8.56. The third kappa shape index (κ3) is 12.2. The van der Waals surface area contributed by atoms with Crippen LogP contribution in [0.5, 0.6) is 0 Å². The van der Waals surface area contributed by atoms with Gasteiger partial charge in [0.1, 0.15) is 18.1 Å². The molecule has 0 saturated heterocycles. The second-order valence-electron chi connectivity index (χ2n) is 9.06. The largest absolute Gasteiger partial charge is 0.480 e. The number of hydrogen-bond donors (Lipinski definition) is 7. The van der Waals surface area contributed by atoms with Crippen LogP contribution in [0.3, 0.4) is 0 Å². The van der Waals surface area contributed by atoms with E-state index in [-0.39, 0.29) is 37.5 Å². The zero-order chi connectivity index (χ0) is 25.9. The summed E-state index contributed by atoms with van der Waals surface area (Å²) in [5, 5.41) is 26.6. The van der Waals surface area contributed by atoms with Crippen molar-refractivity contribution in [2.75, 3.05) is 0 Å². The molecule has 0 bridgehead atoms. The minimum absolute atomic E-state index is 0.0122. The fourth-order valence-corrected chi connectivity index (χ4v) is 3.02. The quantitative estimate of drug-likeness (QED) is 0.150. The van der Waals surface area contributed by atoms with Gasteiger partial charge in [0, 0.05) is 6.42 Å². The van der Waals surface area contributed by atoms with Gasteiger partial charge in [-0.25, -0.2) is 4.79 Å². The maximum Gasteiger partial charge on any atom is 0.326 e. The van der Waals surface area contributed by atoms with Gasteiger partial charge in [0.15, 0.2) is 0 Å². The highest BCUT2D eigenvalue weighted by atomic mass is 16.4. The molecule has 0 aromatic rings. The summed E-state index contributed by atoms with van der Waals surface area (Å²) in [7, 11) is 0. The number of amides is 4. The van der Waals surface area contributed by atoms with E-state index in [1.54, 1.807) is 0 Å². The second kappa shape index (κ2) is 14.4. The van der Waals surface area contributed by atoms with E-state index >= 15 is 0 Å². The summed E-state index contributed by atoms with van der Waals surface area (Å²) in [6.07, 6.45) is -1.09. The third-order valence-corrected chi connectivity index (χ3v) is 4.76. The number of nitrogens with one attached hydrogen (secondary N) is 3. The number of nitrogens with two attached hydrogens (primary N) is 2. The van der Waals surface area contributed by atoms with Gasteiger partial charge in [-0.15, -0.1) is 0 Å². The normalized spacial score (nSPS) is 15.8. The van der Waals surface area contributed by atoms with Gasteiger partial charge in [-0.3, -0.25) is 19.2 Å². The molecule has 0 aromatic carbocycles. The predicted octanol–water partition coefficient (Wildman–Crippen LogP) is -1.41. The van der Waals surface area contributed by atoms with E-state index in [9.17, 15) is 34.2 Å². The minimum atomic E-state index is -1.43. The molecule has 0 aliphatic carbocycles. The lowest BCUT2D eigenvalue weighted by Crippen LogP contribution is -2.60. The summed E-state index contributed by atoms with van der Waals surface area (Å²) >= 11 is 0. The van der Waals surface area contributed by atoms with Crippen LogP contribution in [0.15, 0.2) is 0 Å². The summed E-state index contributed by atoms with van der Waals surface area (Å²) in [4.78, 5) is 60.2. The van der Waals surface area contributed by atoms with Gasteiger partial charge >= 0.3 is 5.97 Å². The van der Waals surface area contributed by atoms with Crippen LogP contribution in [0, 0.1) is 11.8 Å². The lowest BCUT2D eigenvalue weighted by atomic mass is 10.00. The molecule has 12 heteroatoms. The van der Waals surface area contributed by atoms with Crippen molar-refractivity contribution in [1.29, 1.82) is 0 Å². The molecule has 0 aromatic heterocycles. The number of aliphatic hydroxyl groups excluding tert-OH is 1. The number of carbonyl (C=O) groups excluding carboxylic acids is 4. The van der Waals surface area contributed by atoms with Gasteiger partial charge in [0.05, 0.1) is 12.1 Å². The highest BCUT2D eigenvalue weighted by Crippen LogP contribution is 2.10. The number of carbonyl (C=O) groups is 5. The van der Waals surface area contributed by atoms with E-state index in [0.717, 1.165) is 0 Å². The van der Waals surface area contributed by atoms with Gasteiger partial charge in [-0.1, -0.05) is 27.7 Å². The fourth-order valence-electron chi connectivity index (χ4n) is 3.02. The van der Waals surface area contributed by atoms with Crippen molar-refractivity contribution in [3.8, 4) is 0 Å². The molecular formula is C21H39N5O7. The third-order valence-electron chi connectivity index (χ3n) is 4.76. The Morgan fingerprint density at radius 3 is 1.70 bits per heavy atom. The zero-order valence-electron chi connectivity index (χ0n) is 20.0. The van der Waals surface area contributed by atoms with Gasteiger partial charge in [-0.05, 0) is 38.0 Å². The van der Waals surface area contributed by atoms with Crippen molar-refractivity contribution in [1.82, 2.24) is 16.0 Å². The highest BCUT2D eigenvalue weighted by molar-refractivity contribution is 5.94. The standard InChI is InChI=1S/C21H39N5O7/c1-10(2)8-14(19(30)25-15(21(32)33)9-11(3)4)24-20(31)17(12(5)27)26-18(29)13(22)6-7-16(23)28/h10-15,17,27H,6-9,22H2,1-5H3,(H2,23,28)(H,24,31)(H,25,30)(H,26,29)(H,32,33). The summed E-state index contributed by atoms with van der Waals surface area (Å²) in [6, 6.07) is -4.77. The molecule has 0 heterocycles. The van der Waals surface area contributed by atoms with Crippen LogP contribution in [-0.4, -0.2) is 70.1 Å².